The van der Waals surface area contributed by atoms with Crippen LogP contribution in [0.5, 0.6) is 0 Å². The summed E-state index contributed by atoms with van der Waals surface area (Å²) in [5.41, 5.74) is 4.67. The quantitative estimate of drug-likeness (QED) is 0.773. The molecule has 1 aliphatic heterocycles. The maximum Gasteiger partial charge on any atom is 0.195 e. The van der Waals surface area contributed by atoms with E-state index < -0.39 is 0 Å². The number of hydrogen-bond donors (Lipinski definition) is 1. The molecule has 6 heteroatoms. The Hall–Kier alpha value is -2.53. The lowest BCUT2D eigenvalue weighted by Crippen LogP contribution is -2.15. The SMILES string of the molecule is CC(C)n1nnc2cc(C3NC(c4ccccc4Cl)=CO3)ccc21. The van der Waals surface area contributed by atoms with Crippen molar-refractivity contribution in [2.24, 2.45) is 0 Å². The van der Waals surface area contributed by atoms with Gasteiger partial charge in [-0.25, -0.2) is 4.68 Å². The number of ether oxygens (including phenoxy) is 1. The molecule has 24 heavy (non-hydrogen) atoms. The van der Waals surface area contributed by atoms with Gasteiger partial charge in [0.25, 0.3) is 0 Å². The molecule has 0 fully saturated rings. The fraction of sp³-hybridized carbons (Fsp3) is 0.222. The van der Waals surface area contributed by atoms with E-state index in [1.54, 1.807) is 6.26 Å². The van der Waals surface area contributed by atoms with Gasteiger partial charge in [0, 0.05) is 22.2 Å². The summed E-state index contributed by atoms with van der Waals surface area (Å²) >= 11 is 6.25. The smallest absolute Gasteiger partial charge is 0.195 e. The average molecular weight is 341 g/mol. The minimum atomic E-state index is -0.259. The van der Waals surface area contributed by atoms with Crippen LogP contribution in [0.2, 0.25) is 5.02 Å². The Morgan fingerprint density at radius 3 is 2.83 bits per heavy atom. The maximum absolute atomic E-state index is 6.25. The van der Waals surface area contributed by atoms with Crippen molar-refractivity contribution in [3.63, 3.8) is 0 Å². The molecule has 0 amide bonds. The van der Waals surface area contributed by atoms with Crippen LogP contribution in [0.4, 0.5) is 0 Å². The lowest BCUT2D eigenvalue weighted by molar-refractivity contribution is 0.155. The van der Waals surface area contributed by atoms with E-state index in [1.807, 2.05) is 47.1 Å². The predicted octanol–water partition coefficient (Wildman–Crippen LogP) is 4.28. The van der Waals surface area contributed by atoms with Gasteiger partial charge in [-0.2, -0.15) is 0 Å². The van der Waals surface area contributed by atoms with E-state index in [0.29, 0.717) is 5.02 Å². The molecule has 2 heterocycles. The Kier molecular flexibility index (Phi) is 3.65. The van der Waals surface area contributed by atoms with Crippen molar-refractivity contribution in [3.8, 4) is 0 Å². The second kappa shape index (κ2) is 5.83. The van der Waals surface area contributed by atoms with E-state index in [1.165, 1.54) is 0 Å². The minimum absolute atomic E-state index is 0.259. The normalized spacial score (nSPS) is 17.0. The third-order valence-corrected chi connectivity index (χ3v) is 4.39. The molecule has 1 N–H and O–H groups in total. The van der Waals surface area contributed by atoms with Gasteiger partial charge in [-0.3, -0.25) is 0 Å². The van der Waals surface area contributed by atoms with Crippen LogP contribution in [0.15, 0.2) is 48.7 Å². The third kappa shape index (κ3) is 2.51. The number of rotatable bonds is 3. The molecule has 122 valence electrons. The molecule has 5 nitrogen and oxygen atoms in total. The number of nitrogens with zero attached hydrogens (tertiary/aromatic N) is 3. The maximum atomic E-state index is 6.25. The number of halogens is 1. The molecule has 1 aliphatic rings. The molecule has 0 spiro atoms. The molecular formula is C18H17ClN4O. The summed E-state index contributed by atoms with van der Waals surface area (Å²) in [5.74, 6) is 0. The summed E-state index contributed by atoms with van der Waals surface area (Å²) in [6, 6.07) is 14.0. The molecule has 0 bridgehead atoms. The molecule has 1 atom stereocenters. The fourth-order valence-electron chi connectivity index (χ4n) is 2.83. The molecule has 0 saturated heterocycles. The van der Waals surface area contributed by atoms with Crippen LogP contribution in [0.3, 0.4) is 0 Å². The van der Waals surface area contributed by atoms with Gasteiger partial charge < -0.3 is 10.1 Å². The first-order valence-electron chi connectivity index (χ1n) is 7.85. The summed E-state index contributed by atoms with van der Waals surface area (Å²) in [6.07, 6.45) is 1.45. The average Bonchev–Trinajstić information content (AvgIpc) is 3.21. The van der Waals surface area contributed by atoms with Crippen molar-refractivity contribution in [2.45, 2.75) is 26.1 Å². The van der Waals surface area contributed by atoms with Crippen LogP contribution in [0.25, 0.3) is 16.7 Å². The van der Waals surface area contributed by atoms with Crippen molar-refractivity contribution in [3.05, 3.63) is 64.9 Å². The summed E-state index contributed by atoms with van der Waals surface area (Å²) < 4.78 is 7.69. The molecule has 0 aliphatic carbocycles. The van der Waals surface area contributed by atoms with Crippen molar-refractivity contribution in [1.29, 1.82) is 0 Å². The standard InChI is InChI=1S/C18H17ClN4O/c1-11(2)23-17-8-7-12(9-15(17)21-22-23)18-20-16(10-24-18)13-5-3-4-6-14(13)19/h3-11,18,20H,1-2H3. The van der Waals surface area contributed by atoms with Gasteiger partial charge in [0.2, 0.25) is 0 Å². The third-order valence-electron chi connectivity index (χ3n) is 4.06. The lowest BCUT2D eigenvalue weighted by Gasteiger charge is -2.14. The van der Waals surface area contributed by atoms with Crippen molar-refractivity contribution in [2.75, 3.05) is 0 Å². The Labute approximate surface area is 144 Å². The molecule has 2 aromatic carbocycles. The number of benzene rings is 2. The Balaban J connectivity index is 1.60. The highest BCUT2D eigenvalue weighted by Gasteiger charge is 2.22. The Bertz CT molecular complexity index is 932. The zero-order valence-electron chi connectivity index (χ0n) is 13.4. The summed E-state index contributed by atoms with van der Waals surface area (Å²) in [7, 11) is 0. The van der Waals surface area contributed by atoms with Gasteiger partial charge in [0.05, 0.1) is 11.2 Å². The van der Waals surface area contributed by atoms with Gasteiger partial charge in [-0.1, -0.05) is 41.1 Å². The molecule has 3 aromatic rings. The first kappa shape index (κ1) is 15.0. The second-order valence-corrected chi connectivity index (χ2v) is 6.45. The van der Waals surface area contributed by atoms with Crippen molar-refractivity contribution >= 4 is 28.3 Å². The fourth-order valence-corrected chi connectivity index (χ4v) is 3.07. The van der Waals surface area contributed by atoms with Gasteiger partial charge in [0.1, 0.15) is 11.8 Å². The minimum Gasteiger partial charge on any atom is -0.472 e. The highest BCUT2D eigenvalue weighted by Crippen LogP contribution is 2.31. The summed E-state index contributed by atoms with van der Waals surface area (Å²) in [5, 5.41) is 12.5. The first-order chi connectivity index (χ1) is 11.6. The number of fused-ring (bicyclic) bond motifs is 1. The van der Waals surface area contributed by atoms with E-state index >= 15 is 0 Å². The molecule has 4 rings (SSSR count). The molecule has 0 radical (unpaired) electrons. The predicted molar refractivity (Wildman–Crippen MR) is 94.3 cm³/mol. The zero-order chi connectivity index (χ0) is 16.7. The van der Waals surface area contributed by atoms with Crippen molar-refractivity contribution < 1.29 is 4.74 Å². The highest BCUT2D eigenvalue weighted by atomic mass is 35.5. The van der Waals surface area contributed by atoms with Crippen LogP contribution in [-0.2, 0) is 4.74 Å². The molecular weight excluding hydrogens is 324 g/mol. The lowest BCUT2D eigenvalue weighted by atomic mass is 10.1. The number of nitrogens with one attached hydrogen (secondary N) is 1. The number of hydrogen-bond acceptors (Lipinski definition) is 4. The van der Waals surface area contributed by atoms with E-state index in [-0.39, 0.29) is 12.3 Å². The zero-order valence-corrected chi connectivity index (χ0v) is 14.2. The van der Waals surface area contributed by atoms with Gasteiger partial charge >= 0.3 is 0 Å². The van der Waals surface area contributed by atoms with Crippen molar-refractivity contribution in [1.82, 2.24) is 20.3 Å². The van der Waals surface area contributed by atoms with Gasteiger partial charge in [-0.05, 0) is 32.0 Å². The van der Waals surface area contributed by atoms with E-state index in [4.69, 9.17) is 16.3 Å². The molecule has 0 saturated carbocycles. The number of aromatic nitrogens is 3. The molecule has 1 unspecified atom stereocenters. The van der Waals surface area contributed by atoms with Crippen LogP contribution in [-0.4, -0.2) is 15.0 Å². The Morgan fingerprint density at radius 1 is 1.21 bits per heavy atom. The van der Waals surface area contributed by atoms with Crippen LogP contribution in [0, 0.1) is 0 Å². The Morgan fingerprint density at radius 2 is 2.04 bits per heavy atom. The second-order valence-electron chi connectivity index (χ2n) is 6.05. The van der Waals surface area contributed by atoms with E-state index in [2.05, 4.69) is 29.5 Å². The highest BCUT2D eigenvalue weighted by molar-refractivity contribution is 6.32. The van der Waals surface area contributed by atoms with Crippen LogP contribution >= 0.6 is 11.6 Å². The topological polar surface area (TPSA) is 52.0 Å². The van der Waals surface area contributed by atoms with Gasteiger partial charge in [-0.15, -0.1) is 5.10 Å². The van der Waals surface area contributed by atoms with Gasteiger partial charge in [0.15, 0.2) is 6.23 Å². The largest absolute Gasteiger partial charge is 0.472 e. The summed E-state index contributed by atoms with van der Waals surface area (Å²) in [6.45, 7) is 4.17. The molecule has 1 aromatic heterocycles. The van der Waals surface area contributed by atoms with Crippen LogP contribution in [0.1, 0.15) is 37.2 Å². The van der Waals surface area contributed by atoms with Crippen LogP contribution < -0.4 is 5.32 Å². The first-order valence-corrected chi connectivity index (χ1v) is 8.23. The van der Waals surface area contributed by atoms with E-state index in [0.717, 1.165) is 27.9 Å². The monoisotopic (exact) mass is 340 g/mol. The van der Waals surface area contributed by atoms with E-state index in [9.17, 15) is 0 Å². The summed E-state index contributed by atoms with van der Waals surface area (Å²) in [4.78, 5) is 0.